The molecule has 0 unspecified atom stereocenters. The van der Waals surface area contributed by atoms with Crippen molar-refractivity contribution >= 4 is 17.2 Å². The molecule has 138 valence electrons. The van der Waals surface area contributed by atoms with Crippen LogP contribution in [-0.4, -0.2) is 46.5 Å². The van der Waals surface area contributed by atoms with Crippen LogP contribution in [0.3, 0.4) is 0 Å². The number of ether oxygens (including phenoxy) is 1. The number of fused-ring (bicyclic) bond motifs is 1. The van der Waals surface area contributed by atoms with Crippen LogP contribution in [0.5, 0.6) is 0 Å². The lowest BCUT2D eigenvalue weighted by atomic mass is 10.2. The fraction of sp³-hybridized carbons (Fsp3) is 0.250. The highest BCUT2D eigenvalue weighted by atomic mass is 16.5. The summed E-state index contributed by atoms with van der Waals surface area (Å²) in [6.45, 7) is 2.71. The number of benzene rings is 1. The number of hydrogen-bond donors (Lipinski definition) is 1. The summed E-state index contributed by atoms with van der Waals surface area (Å²) in [4.78, 5) is 31.5. The monoisotopic (exact) mass is 364 g/mol. The number of pyridine rings is 1. The molecule has 0 saturated carbocycles. The van der Waals surface area contributed by atoms with E-state index in [0.717, 1.165) is 5.56 Å². The molecule has 1 aromatic carbocycles. The average Bonchev–Trinajstić information content (AvgIpc) is 2.74. The van der Waals surface area contributed by atoms with Gasteiger partial charge in [-0.3, -0.25) is 14.0 Å². The van der Waals surface area contributed by atoms with E-state index in [1.807, 2.05) is 30.3 Å². The van der Waals surface area contributed by atoms with Crippen LogP contribution in [0.2, 0.25) is 0 Å². The third kappa shape index (κ3) is 3.68. The van der Waals surface area contributed by atoms with Gasteiger partial charge in [0.15, 0.2) is 0 Å². The Hall–Kier alpha value is -3.19. The van der Waals surface area contributed by atoms with Gasteiger partial charge in [0, 0.05) is 25.8 Å². The summed E-state index contributed by atoms with van der Waals surface area (Å²) < 4.78 is 6.70. The molecular weight excluding hydrogens is 344 g/mol. The molecule has 0 bridgehead atoms. The first kappa shape index (κ1) is 17.2. The third-order valence-electron chi connectivity index (χ3n) is 4.57. The first-order valence-electron chi connectivity index (χ1n) is 8.88. The maximum absolute atomic E-state index is 12.8. The molecule has 2 aromatic heterocycles. The van der Waals surface area contributed by atoms with Crippen LogP contribution < -0.4 is 10.9 Å². The molecule has 27 heavy (non-hydrogen) atoms. The van der Waals surface area contributed by atoms with Crippen LogP contribution in [-0.2, 0) is 11.3 Å². The molecule has 3 heterocycles. The number of hydrogen-bond acceptors (Lipinski definition) is 5. The standard InChI is InChI=1S/C20H20N4O3/c25-19(23-8-10-27-11-9-23)16-6-7-18-22-13-17(20(26)24(18)14-16)21-12-15-4-2-1-3-5-15/h1-7,13-14,21H,8-12H2. The van der Waals surface area contributed by atoms with Crippen molar-refractivity contribution in [1.82, 2.24) is 14.3 Å². The first-order chi connectivity index (χ1) is 13.2. The van der Waals surface area contributed by atoms with Gasteiger partial charge in [0.1, 0.15) is 11.3 Å². The van der Waals surface area contributed by atoms with Gasteiger partial charge in [0.2, 0.25) is 0 Å². The Kier molecular flexibility index (Phi) is 4.84. The molecular formula is C20H20N4O3. The van der Waals surface area contributed by atoms with E-state index in [9.17, 15) is 9.59 Å². The number of carbonyl (C=O) groups is 1. The Morgan fingerprint density at radius 3 is 2.67 bits per heavy atom. The zero-order valence-corrected chi connectivity index (χ0v) is 14.8. The molecule has 7 nitrogen and oxygen atoms in total. The maximum Gasteiger partial charge on any atom is 0.281 e. The van der Waals surface area contributed by atoms with Crippen LogP contribution in [0.4, 0.5) is 5.69 Å². The summed E-state index contributed by atoms with van der Waals surface area (Å²) in [5.41, 5.74) is 2.20. The lowest BCUT2D eigenvalue weighted by molar-refractivity contribution is 0.0302. The second-order valence-electron chi connectivity index (χ2n) is 6.37. The number of anilines is 1. The minimum absolute atomic E-state index is 0.102. The molecule has 1 aliphatic heterocycles. The molecule has 4 rings (SSSR count). The Morgan fingerprint density at radius 2 is 1.89 bits per heavy atom. The number of morpholine rings is 1. The zero-order valence-electron chi connectivity index (χ0n) is 14.8. The third-order valence-corrected chi connectivity index (χ3v) is 4.57. The number of nitrogens with zero attached hydrogens (tertiary/aromatic N) is 3. The normalized spacial score (nSPS) is 14.3. The van der Waals surface area contributed by atoms with Crippen molar-refractivity contribution in [3.63, 3.8) is 0 Å². The summed E-state index contributed by atoms with van der Waals surface area (Å²) in [7, 11) is 0. The minimum atomic E-state index is -0.229. The molecule has 1 aliphatic rings. The number of nitrogens with one attached hydrogen (secondary N) is 1. The molecule has 3 aromatic rings. The molecule has 1 amide bonds. The minimum Gasteiger partial charge on any atom is -0.378 e. The Morgan fingerprint density at radius 1 is 1.11 bits per heavy atom. The lowest BCUT2D eigenvalue weighted by Crippen LogP contribution is -2.40. The number of amides is 1. The van der Waals surface area contributed by atoms with Crippen molar-refractivity contribution in [3.05, 3.63) is 76.3 Å². The van der Waals surface area contributed by atoms with Gasteiger partial charge in [-0.25, -0.2) is 4.98 Å². The molecule has 0 aliphatic carbocycles. The Labute approximate surface area is 156 Å². The van der Waals surface area contributed by atoms with E-state index in [1.165, 1.54) is 10.6 Å². The first-order valence-corrected chi connectivity index (χ1v) is 8.88. The highest BCUT2D eigenvalue weighted by Gasteiger charge is 2.19. The smallest absolute Gasteiger partial charge is 0.281 e. The van der Waals surface area contributed by atoms with E-state index < -0.39 is 0 Å². The number of rotatable bonds is 4. The van der Waals surface area contributed by atoms with Crippen molar-refractivity contribution in [3.8, 4) is 0 Å². The highest BCUT2D eigenvalue weighted by Crippen LogP contribution is 2.10. The van der Waals surface area contributed by atoms with E-state index in [-0.39, 0.29) is 11.5 Å². The predicted molar refractivity (Wildman–Crippen MR) is 102 cm³/mol. The highest BCUT2D eigenvalue weighted by molar-refractivity contribution is 5.94. The molecule has 0 spiro atoms. The van der Waals surface area contributed by atoms with Gasteiger partial charge in [-0.05, 0) is 17.7 Å². The van der Waals surface area contributed by atoms with Crippen LogP contribution in [0.1, 0.15) is 15.9 Å². The molecule has 0 atom stereocenters. The number of carbonyl (C=O) groups excluding carboxylic acids is 1. The summed E-state index contributed by atoms with van der Waals surface area (Å²) in [6.07, 6.45) is 3.10. The van der Waals surface area contributed by atoms with Gasteiger partial charge in [-0.15, -0.1) is 0 Å². The molecule has 1 saturated heterocycles. The summed E-state index contributed by atoms with van der Waals surface area (Å²) in [5, 5.41) is 3.13. The van der Waals surface area contributed by atoms with Gasteiger partial charge < -0.3 is 15.0 Å². The zero-order chi connectivity index (χ0) is 18.6. The van der Waals surface area contributed by atoms with Gasteiger partial charge in [-0.2, -0.15) is 0 Å². The summed E-state index contributed by atoms with van der Waals surface area (Å²) in [6, 6.07) is 13.2. The molecule has 1 N–H and O–H groups in total. The summed E-state index contributed by atoms with van der Waals surface area (Å²) >= 11 is 0. The van der Waals surface area contributed by atoms with E-state index in [1.54, 1.807) is 23.2 Å². The van der Waals surface area contributed by atoms with Crippen molar-refractivity contribution < 1.29 is 9.53 Å². The van der Waals surface area contributed by atoms with Crippen molar-refractivity contribution in [2.24, 2.45) is 0 Å². The van der Waals surface area contributed by atoms with Crippen LogP contribution in [0.25, 0.3) is 5.65 Å². The maximum atomic E-state index is 12.8. The van der Waals surface area contributed by atoms with Gasteiger partial charge >= 0.3 is 0 Å². The summed E-state index contributed by atoms with van der Waals surface area (Å²) in [5.74, 6) is -0.102. The van der Waals surface area contributed by atoms with E-state index in [4.69, 9.17) is 4.74 Å². The van der Waals surface area contributed by atoms with Crippen LogP contribution in [0, 0.1) is 0 Å². The van der Waals surface area contributed by atoms with Gasteiger partial charge in [-0.1, -0.05) is 30.3 Å². The topological polar surface area (TPSA) is 75.9 Å². The van der Waals surface area contributed by atoms with E-state index in [0.29, 0.717) is 49.7 Å². The van der Waals surface area contributed by atoms with Crippen LogP contribution in [0.15, 0.2) is 59.7 Å². The fourth-order valence-corrected chi connectivity index (χ4v) is 3.07. The second kappa shape index (κ2) is 7.59. The van der Waals surface area contributed by atoms with Gasteiger partial charge in [0.25, 0.3) is 11.5 Å². The molecule has 0 radical (unpaired) electrons. The largest absolute Gasteiger partial charge is 0.378 e. The quantitative estimate of drug-likeness (QED) is 0.764. The van der Waals surface area contributed by atoms with Gasteiger partial charge in [0.05, 0.1) is 25.0 Å². The predicted octanol–water partition coefficient (Wildman–Crippen LogP) is 1.78. The Balaban J connectivity index is 1.61. The van der Waals surface area contributed by atoms with Crippen molar-refractivity contribution in [2.75, 3.05) is 31.6 Å². The van der Waals surface area contributed by atoms with Crippen molar-refractivity contribution in [2.45, 2.75) is 6.54 Å². The SMILES string of the molecule is O=C(c1ccc2ncc(NCc3ccccc3)c(=O)n2c1)N1CCOCC1. The average molecular weight is 364 g/mol. The number of aromatic nitrogens is 2. The van der Waals surface area contributed by atoms with Crippen molar-refractivity contribution in [1.29, 1.82) is 0 Å². The second-order valence-corrected chi connectivity index (χ2v) is 6.37. The molecule has 7 heteroatoms. The fourth-order valence-electron chi connectivity index (χ4n) is 3.07. The van der Waals surface area contributed by atoms with E-state index in [2.05, 4.69) is 10.3 Å². The van der Waals surface area contributed by atoms with E-state index >= 15 is 0 Å². The molecule has 1 fully saturated rings. The Bertz CT molecular complexity index is 1010. The van der Waals surface area contributed by atoms with Crippen LogP contribution >= 0.6 is 0 Å². The lowest BCUT2D eigenvalue weighted by Gasteiger charge is -2.26.